The molecule has 4 nitrogen and oxygen atoms in total. The highest BCUT2D eigenvalue weighted by molar-refractivity contribution is 7.08. The fraction of sp³-hybridized carbons (Fsp3) is 0.333. The minimum absolute atomic E-state index is 0.230. The van der Waals surface area contributed by atoms with Gasteiger partial charge in [0.25, 0.3) is 0 Å². The number of hydrogen-bond donors (Lipinski definition) is 0. The lowest BCUT2D eigenvalue weighted by Crippen LogP contribution is -2.30. The van der Waals surface area contributed by atoms with E-state index in [1.54, 1.807) is 11.3 Å². The average molecular weight is 325 g/mol. The molecular formula is C18H19N3OS. The highest BCUT2D eigenvalue weighted by atomic mass is 32.1. The standard InChI is InChI=1S/C18H19N3OS/c1-13-19-16-4-2-3-5-17(16)21(13)15-6-8-20(11-15)18(22)10-14-7-9-23-12-14/h2-5,7,9,12,15H,6,8,10-11H2,1H3/t15-/m0/s1. The highest BCUT2D eigenvalue weighted by Crippen LogP contribution is 2.28. The summed E-state index contributed by atoms with van der Waals surface area (Å²) in [6.07, 6.45) is 1.51. The number of nitrogens with zero attached hydrogens (tertiary/aromatic N) is 3. The van der Waals surface area contributed by atoms with Crippen molar-refractivity contribution < 1.29 is 4.79 Å². The number of aryl methyl sites for hydroxylation is 1. The predicted octanol–water partition coefficient (Wildman–Crippen LogP) is 3.42. The molecule has 1 aliphatic rings. The SMILES string of the molecule is Cc1nc2ccccc2n1[C@H]1CCN(C(=O)Cc2ccsc2)C1. The van der Waals surface area contributed by atoms with Crippen molar-refractivity contribution in [3.63, 3.8) is 0 Å². The summed E-state index contributed by atoms with van der Waals surface area (Å²) in [6, 6.07) is 10.6. The molecule has 1 atom stereocenters. The Hall–Kier alpha value is -2.14. The molecule has 1 fully saturated rings. The van der Waals surface area contributed by atoms with Crippen LogP contribution in [0, 0.1) is 6.92 Å². The fourth-order valence-corrected chi connectivity index (χ4v) is 4.15. The molecule has 0 aliphatic carbocycles. The summed E-state index contributed by atoms with van der Waals surface area (Å²) >= 11 is 1.64. The Balaban J connectivity index is 1.53. The van der Waals surface area contributed by atoms with E-state index in [2.05, 4.69) is 27.9 Å². The molecule has 23 heavy (non-hydrogen) atoms. The van der Waals surface area contributed by atoms with E-state index in [1.807, 2.05) is 34.5 Å². The van der Waals surface area contributed by atoms with Crippen molar-refractivity contribution in [2.75, 3.05) is 13.1 Å². The Kier molecular flexibility index (Phi) is 3.65. The third-order valence-corrected chi connectivity index (χ3v) is 5.32. The van der Waals surface area contributed by atoms with Gasteiger partial charge >= 0.3 is 0 Å². The van der Waals surface area contributed by atoms with Crippen LogP contribution < -0.4 is 0 Å². The zero-order valence-electron chi connectivity index (χ0n) is 13.1. The minimum Gasteiger partial charge on any atom is -0.340 e. The lowest BCUT2D eigenvalue weighted by atomic mass is 10.2. The van der Waals surface area contributed by atoms with E-state index in [0.717, 1.165) is 36.4 Å². The molecule has 0 N–H and O–H groups in total. The zero-order chi connectivity index (χ0) is 15.8. The lowest BCUT2D eigenvalue weighted by molar-refractivity contribution is -0.129. The van der Waals surface area contributed by atoms with E-state index in [1.165, 1.54) is 5.52 Å². The van der Waals surface area contributed by atoms with Gasteiger partial charge in [-0.15, -0.1) is 0 Å². The minimum atomic E-state index is 0.230. The Morgan fingerprint density at radius 3 is 3.04 bits per heavy atom. The van der Waals surface area contributed by atoms with E-state index >= 15 is 0 Å². The van der Waals surface area contributed by atoms with Crippen molar-refractivity contribution in [2.45, 2.75) is 25.8 Å². The van der Waals surface area contributed by atoms with Crippen LogP contribution in [0.3, 0.4) is 0 Å². The summed E-state index contributed by atoms with van der Waals surface area (Å²) < 4.78 is 2.30. The number of aromatic nitrogens is 2. The molecule has 118 valence electrons. The summed E-state index contributed by atoms with van der Waals surface area (Å²) in [4.78, 5) is 19.1. The summed E-state index contributed by atoms with van der Waals surface area (Å²) in [7, 11) is 0. The lowest BCUT2D eigenvalue weighted by Gasteiger charge is -2.18. The first-order valence-corrected chi connectivity index (χ1v) is 8.89. The fourth-order valence-electron chi connectivity index (χ4n) is 3.48. The molecule has 2 aromatic heterocycles. The number of fused-ring (bicyclic) bond motifs is 1. The monoisotopic (exact) mass is 325 g/mol. The smallest absolute Gasteiger partial charge is 0.227 e. The normalized spacial score (nSPS) is 18.0. The maximum atomic E-state index is 12.5. The number of hydrogen-bond acceptors (Lipinski definition) is 3. The molecule has 1 saturated heterocycles. The highest BCUT2D eigenvalue weighted by Gasteiger charge is 2.29. The van der Waals surface area contributed by atoms with Gasteiger partial charge in [0.15, 0.2) is 0 Å². The molecule has 3 aromatic rings. The zero-order valence-corrected chi connectivity index (χ0v) is 13.9. The summed E-state index contributed by atoms with van der Waals surface area (Å²) in [5.41, 5.74) is 3.32. The molecule has 5 heteroatoms. The van der Waals surface area contributed by atoms with Crippen LogP contribution in [0.4, 0.5) is 0 Å². The van der Waals surface area contributed by atoms with Crippen LogP contribution >= 0.6 is 11.3 Å². The van der Waals surface area contributed by atoms with Crippen molar-refractivity contribution in [3.8, 4) is 0 Å². The number of thiophene rings is 1. The molecular weight excluding hydrogens is 306 g/mol. The van der Waals surface area contributed by atoms with Gasteiger partial charge in [-0.05, 0) is 47.9 Å². The van der Waals surface area contributed by atoms with Crippen molar-refractivity contribution >= 4 is 28.3 Å². The van der Waals surface area contributed by atoms with Crippen LogP contribution in [-0.2, 0) is 11.2 Å². The van der Waals surface area contributed by atoms with E-state index in [9.17, 15) is 4.79 Å². The van der Waals surface area contributed by atoms with Crippen LogP contribution in [-0.4, -0.2) is 33.4 Å². The van der Waals surface area contributed by atoms with E-state index < -0.39 is 0 Å². The van der Waals surface area contributed by atoms with Crippen LogP contribution in [0.25, 0.3) is 11.0 Å². The molecule has 0 bridgehead atoms. The van der Waals surface area contributed by atoms with E-state index in [4.69, 9.17) is 0 Å². The van der Waals surface area contributed by atoms with Crippen LogP contribution in [0.15, 0.2) is 41.1 Å². The van der Waals surface area contributed by atoms with Gasteiger partial charge in [-0.2, -0.15) is 11.3 Å². The van der Waals surface area contributed by atoms with E-state index in [-0.39, 0.29) is 5.91 Å². The first kappa shape index (κ1) is 14.5. The Bertz CT molecular complexity index is 837. The number of carbonyl (C=O) groups is 1. The van der Waals surface area contributed by atoms with Gasteiger partial charge in [-0.25, -0.2) is 4.98 Å². The van der Waals surface area contributed by atoms with Crippen molar-refractivity contribution in [2.24, 2.45) is 0 Å². The van der Waals surface area contributed by atoms with Gasteiger partial charge in [0, 0.05) is 13.1 Å². The second-order valence-corrected chi connectivity index (χ2v) is 6.89. The van der Waals surface area contributed by atoms with Gasteiger partial charge in [0.1, 0.15) is 5.82 Å². The number of amides is 1. The average Bonchev–Trinajstić information content (AvgIpc) is 3.25. The third-order valence-electron chi connectivity index (χ3n) is 4.59. The van der Waals surface area contributed by atoms with Crippen molar-refractivity contribution in [3.05, 3.63) is 52.5 Å². The number of likely N-dealkylation sites (tertiary alicyclic amines) is 1. The topological polar surface area (TPSA) is 38.1 Å². The molecule has 0 radical (unpaired) electrons. The van der Waals surface area contributed by atoms with Crippen LogP contribution in [0.5, 0.6) is 0 Å². The van der Waals surface area contributed by atoms with E-state index in [0.29, 0.717) is 12.5 Å². The number of carbonyl (C=O) groups excluding carboxylic acids is 1. The Morgan fingerprint density at radius 1 is 1.35 bits per heavy atom. The second kappa shape index (κ2) is 5.81. The largest absolute Gasteiger partial charge is 0.340 e. The van der Waals surface area contributed by atoms with Gasteiger partial charge < -0.3 is 9.47 Å². The second-order valence-electron chi connectivity index (χ2n) is 6.11. The van der Waals surface area contributed by atoms with Crippen LogP contribution in [0.1, 0.15) is 23.9 Å². The van der Waals surface area contributed by atoms with Gasteiger partial charge in [-0.3, -0.25) is 4.79 Å². The molecule has 3 heterocycles. The van der Waals surface area contributed by atoms with Gasteiger partial charge in [-0.1, -0.05) is 12.1 Å². The van der Waals surface area contributed by atoms with Crippen LogP contribution in [0.2, 0.25) is 0 Å². The van der Waals surface area contributed by atoms with Crippen molar-refractivity contribution in [1.82, 2.24) is 14.5 Å². The summed E-state index contributed by atoms with van der Waals surface area (Å²) in [6.45, 7) is 3.67. The number of benzene rings is 1. The Labute approximate surface area is 139 Å². The van der Waals surface area contributed by atoms with Gasteiger partial charge in [0.2, 0.25) is 5.91 Å². The number of imidazole rings is 1. The predicted molar refractivity (Wildman–Crippen MR) is 92.7 cm³/mol. The first-order valence-electron chi connectivity index (χ1n) is 7.95. The maximum absolute atomic E-state index is 12.5. The van der Waals surface area contributed by atoms with Gasteiger partial charge in [0.05, 0.1) is 23.5 Å². The summed E-state index contributed by atoms with van der Waals surface area (Å²) in [5.74, 6) is 1.26. The first-order chi connectivity index (χ1) is 11.2. The maximum Gasteiger partial charge on any atom is 0.227 e. The quantitative estimate of drug-likeness (QED) is 0.740. The van der Waals surface area contributed by atoms with Crippen molar-refractivity contribution in [1.29, 1.82) is 0 Å². The number of para-hydroxylation sites is 2. The molecule has 1 aromatic carbocycles. The molecule has 0 saturated carbocycles. The molecule has 1 aliphatic heterocycles. The molecule has 4 rings (SSSR count). The molecule has 1 amide bonds. The summed E-state index contributed by atoms with van der Waals surface area (Å²) in [5, 5.41) is 4.08. The molecule has 0 spiro atoms. The number of rotatable bonds is 3. The Morgan fingerprint density at radius 2 is 2.22 bits per heavy atom. The molecule has 0 unspecified atom stereocenters. The third kappa shape index (κ3) is 2.65.